The summed E-state index contributed by atoms with van der Waals surface area (Å²) in [6.45, 7) is 5.98. The first-order chi connectivity index (χ1) is 8.01. The second kappa shape index (κ2) is 3.31. The molecule has 1 saturated carbocycles. The van der Waals surface area contributed by atoms with Gasteiger partial charge in [0.05, 0.1) is 0 Å². The first kappa shape index (κ1) is 10.8. The fourth-order valence-corrected chi connectivity index (χ4v) is 3.48. The van der Waals surface area contributed by atoms with Gasteiger partial charge >= 0.3 is 5.97 Å². The Morgan fingerprint density at radius 1 is 1.47 bits per heavy atom. The Morgan fingerprint density at radius 3 is 3.00 bits per heavy atom. The molecule has 2 unspecified atom stereocenters. The van der Waals surface area contributed by atoms with E-state index in [2.05, 4.69) is 13.5 Å². The lowest BCUT2D eigenvalue weighted by Crippen LogP contribution is -2.45. The summed E-state index contributed by atoms with van der Waals surface area (Å²) >= 11 is 0. The number of fused-ring (bicyclic) bond motifs is 3. The van der Waals surface area contributed by atoms with Gasteiger partial charge in [0.1, 0.15) is 6.10 Å². The molecule has 3 rings (SSSR count). The summed E-state index contributed by atoms with van der Waals surface area (Å²) in [6.07, 6.45) is 5.98. The highest BCUT2D eigenvalue weighted by atomic mass is 16.6. The Balaban J connectivity index is 1.98. The smallest absolute Gasteiger partial charge is 0.334 e. The molecule has 0 aromatic rings. The molecule has 4 atom stereocenters. The minimum atomic E-state index is -0.272. The second-order valence-corrected chi connectivity index (χ2v) is 5.66. The molecular formula is C14H16O3. The van der Waals surface area contributed by atoms with Crippen LogP contribution in [-0.2, 0) is 14.3 Å². The van der Waals surface area contributed by atoms with Crippen LogP contribution < -0.4 is 0 Å². The summed E-state index contributed by atoms with van der Waals surface area (Å²) in [7, 11) is 0. The Kier molecular flexibility index (Phi) is 2.09. The lowest BCUT2D eigenvalue weighted by molar-refractivity contribution is -0.146. The number of rotatable bonds is 0. The fraction of sp³-hybridized carbons (Fsp3) is 0.571. The molecule has 1 heterocycles. The summed E-state index contributed by atoms with van der Waals surface area (Å²) in [6, 6.07) is 0. The normalized spacial score (nSPS) is 44.3. The second-order valence-electron chi connectivity index (χ2n) is 5.66. The van der Waals surface area contributed by atoms with Gasteiger partial charge in [0.25, 0.3) is 0 Å². The van der Waals surface area contributed by atoms with Crippen LogP contribution in [0, 0.1) is 17.3 Å². The molecule has 3 nitrogen and oxygen atoms in total. The molecule has 2 aliphatic carbocycles. The van der Waals surface area contributed by atoms with Crippen LogP contribution >= 0.6 is 0 Å². The van der Waals surface area contributed by atoms with E-state index in [0.717, 1.165) is 12.8 Å². The van der Waals surface area contributed by atoms with Crippen molar-refractivity contribution < 1.29 is 14.3 Å². The standard InChI is InChI=1S/C14H16O3/c1-8-10-4-6-14(2)5-3-9(15)7-11(14)12(10)17-13(8)16/h3,5,10-12H,1,4,6-7H2,2H3/t10?,11-,12+,14?/m1/s1. The third-order valence-corrected chi connectivity index (χ3v) is 4.66. The highest BCUT2D eigenvalue weighted by Crippen LogP contribution is 2.53. The highest BCUT2D eigenvalue weighted by Gasteiger charge is 2.53. The van der Waals surface area contributed by atoms with Crippen molar-refractivity contribution in [2.75, 3.05) is 0 Å². The van der Waals surface area contributed by atoms with Gasteiger partial charge in [-0.15, -0.1) is 0 Å². The molecule has 0 N–H and O–H groups in total. The number of hydrogen-bond acceptors (Lipinski definition) is 3. The van der Waals surface area contributed by atoms with Gasteiger partial charge in [0, 0.05) is 23.8 Å². The zero-order chi connectivity index (χ0) is 12.2. The van der Waals surface area contributed by atoms with Gasteiger partial charge in [-0.3, -0.25) is 4.79 Å². The Morgan fingerprint density at radius 2 is 2.24 bits per heavy atom. The first-order valence-electron chi connectivity index (χ1n) is 6.13. The molecule has 0 aromatic heterocycles. The van der Waals surface area contributed by atoms with E-state index >= 15 is 0 Å². The lowest BCUT2D eigenvalue weighted by Gasteiger charge is -2.46. The van der Waals surface area contributed by atoms with Gasteiger partial charge in [0.2, 0.25) is 0 Å². The van der Waals surface area contributed by atoms with Crippen molar-refractivity contribution in [2.45, 2.75) is 32.3 Å². The zero-order valence-corrected chi connectivity index (χ0v) is 9.94. The van der Waals surface area contributed by atoms with Crippen molar-refractivity contribution in [3.05, 3.63) is 24.3 Å². The van der Waals surface area contributed by atoms with Crippen molar-refractivity contribution in [1.29, 1.82) is 0 Å². The van der Waals surface area contributed by atoms with E-state index in [-0.39, 0.29) is 35.1 Å². The number of ketones is 1. The molecule has 0 amide bonds. The highest BCUT2D eigenvalue weighted by molar-refractivity contribution is 5.93. The van der Waals surface area contributed by atoms with Crippen LogP contribution in [-0.4, -0.2) is 17.9 Å². The predicted molar refractivity (Wildman–Crippen MR) is 62.1 cm³/mol. The van der Waals surface area contributed by atoms with E-state index in [1.807, 2.05) is 6.08 Å². The van der Waals surface area contributed by atoms with Crippen molar-refractivity contribution in [3.63, 3.8) is 0 Å². The average Bonchev–Trinajstić information content (AvgIpc) is 2.57. The number of carbonyl (C=O) groups excluding carboxylic acids is 2. The van der Waals surface area contributed by atoms with Crippen molar-refractivity contribution >= 4 is 11.8 Å². The minimum absolute atomic E-state index is 0.0000231. The lowest BCUT2D eigenvalue weighted by atomic mass is 9.59. The van der Waals surface area contributed by atoms with Gasteiger partial charge in [-0.2, -0.15) is 0 Å². The van der Waals surface area contributed by atoms with Gasteiger partial charge in [-0.1, -0.05) is 19.6 Å². The summed E-state index contributed by atoms with van der Waals surface area (Å²) in [5.74, 6) is 0.120. The maximum atomic E-state index is 11.6. The average molecular weight is 232 g/mol. The molecule has 17 heavy (non-hydrogen) atoms. The van der Waals surface area contributed by atoms with Crippen LogP contribution in [0.2, 0.25) is 0 Å². The van der Waals surface area contributed by atoms with Gasteiger partial charge in [0.15, 0.2) is 5.78 Å². The molecule has 0 bridgehead atoms. The van der Waals surface area contributed by atoms with Crippen LogP contribution in [0.25, 0.3) is 0 Å². The topological polar surface area (TPSA) is 43.4 Å². The first-order valence-corrected chi connectivity index (χ1v) is 6.13. The van der Waals surface area contributed by atoms with Crippen LogP contribution in [0.1, 0.15) is 26.2 Å². The number of hydrogen-bond donors (Lipinski definition) is 0. The van der Waals surface area contributed by atoms with E-state index in [1.165, 1.54) is 0 Å². The zero-order valence-electron chi connectivity index (χ0n) is 9.94. The quantitative estimate of drug-likeness (QED) is 0.474. The van der Waals surface area contributed by atoms with Crippen molar-refractivity contribution in [3.8, 4) is 0 Å². The monoisotopic (exact) mass is 232 g/mol. The SMILES string of the molecule is C=C1C(=O)O[C@H]2C1CCC1(C)C=CC(=O)C[C@H]21. The van der Waals surface area contributed by atoms with Gasteiger partial charge < -0.3 is 4.74 Å². The number of allylic oxidation sites excluding steroid dienone is 2. The molecule has 0 radical (unpaired) electrons. The molecule has 3 aliphatic rings. The minimum Gasteiger partial charge on any atom is -0.458 e. The van der Waals surface area contributed by atoms with E-state index in [4.69, 9.17) is 4.74 Å². The molecule has 2 fully saturated rings. The van der Waals surface area contributed by atoms with Gasteiger partial charge in [-0.25, -0.2) is 4.79 Å². The van der Waals surface area contributed by atoms with Crippen LogP contribution in [0.15, 0.2) is 24.3 Å². The predicted octanol–water partition coefficient (Wildman–Crippen LogP) is 2.03. The summed E-state index contributed by atoms with van der Waals surface area (Å²) in [4.78, 5) is 23.1. The van der Waals surface area contributed by atoms with Crippen molar-refractivity contribution in [2.24, 2.45) is 17.3 Å². The maximum Gasteiger partial charge on any atom is 0.334 e. The summed E-state index contributed by atoms with van der Waals surface area (Å²) < 4.78 is 5.44. The largest absolute Gasteiger partial charge is 0.458 e. The summed E-state index contributed by atoms with van der Waals surface area (Å²) in [5.41, 5.74) is 0.596. The van der Waals surface area contributed by atoms with E-state index in [9.17, 15) is 9.59 Å². The molecule has 1 aliphatic heterocycles. The number of esters is 1. The van der Waals surface area contributed by atoms with E-state index < -0.39 is 0 Å². The third-order valence-electron chi connectivity index (χ3n) is 4.66. The number of ether oxygens (including phenoxy) is 1. The summed E-state index contributed by atoms with van der Waals surface area (Å²) in [5, 5.41) is 0. The van der Waals surface area contributed by atoms with Crippen molar-refractivity contribution in [1.82, 2.24) is 0 Å². The van der Waals surface area contributed by atoms with Crippen LogP contribution in [0.4, 0.5) is 0 Å². The Bertz CT molecular complexity index is 448. The van der Waals surface area contributed by atoms with Gasteiger partial charge in [-0.05, 0) is 24.3 Å². The molecule has 1 saturated heterocycles. The fourth-order valence-electron chi connectivity index (χ4n) is 3.48. The van der Waals surface area contributed by atoms with E-state index in [0.29, 0.717) is 12.0 Å². The molecule has 0 aromatic carbocycles. The molecular weight excluding hydrogens is 216 g/mol. The third kappa shape index (κ3) is 1.41. The maximum absolute atomic E-state index is 11.6. The molecule has 3 heteroatoms. The number of carbonyl (C=O) groups is 2. The molecule has 90 valence electrons. The Hall–Kier alpha value is -1.38. The Labute approximate surface area is 101 Å². The van der Waals surface area contributed by atoms with E-state index in [1.54, 1.807) is 6.08 Å². The van der Waals surface area contributed by atoms with Crippen LogP contribution in [0.5, 0.6) is 0 Å². The molecule has 0 spiro atoms. The van der Waals surface area contributed by atoms with Crippen LogP contribution in [0.3, 0.4) is 0 Å².